The average molecular weight is 325 g/mol. The summed E-state index contributed by atoms with van der Waals surface area (Å²) in [7, 11) is 0. The van der Waals surface area contributed by atoms with Crippen LogP contribution in [-0.4, -0.2) is 11.0 Å². The largest absolute Gasteiger partial charge is 0.392 e. The number of carbonyl (C=O) groups excluding carboxylic acids is 1. The van der Waals surface area contributed by atoms with Gasteiger partial charge in [-0.3, -0.25) is 4.79 Å². The quantitative estimate of drug-likeness (QED) is 0.839. The topological polar surface area (TPSA) is 63.3 Å². The van der Waals surface area contributed by atoms with Crippen molar-refractivity contribution in [3.8, 4) is 11.1 Å². The van der Waals surface area contributed by atoms with Crippen LogP contribution in [0.15, 0.2) is 36.4 Å². The lowest BCUT2D eigenvalue weighted by Gasteiger charge is -2.21. The molecule has 2 aromatic carbocycles. The number of nitrogens with two attached hydrogens (primary N) is 1. The third kappa shape index (κ3) is 4.04. The van der Waals surface area contributed by atoms with Crippen LogP contribution in [-0.2, 0) is 17.8 Å². The summed E-state index contributed by atoms with van der Waals surface area (Å²) in [5, 5.41) is 9.39. The molecule has 24 heavy (non-hydrogen) atoms. The first-order valence-electron chi connectivity index (χ1n) is 8.48. The normalized spacial score (nSPS) is 11.3. The molecule has 2 aromatic rings. The van der Waals surface area contributed by atoms with Crippen molar-refractivity contribution in [3.05, 3.63) is 58.7 Å². The SMILES string of the molecule is CC(C)c1cc(-c2cccc(CO)c2)cc(C(C)C)c1CC(N)=O. The average Bonchev–Trinajstić information content (AvgIpc) is 2.54. The Morgan fingerprint density at radius 2 is 1.58 bits per heavy atom. The number of amides is 1. The van der Waals surface area contributed by atoms with Crippen LogP contribution in [0.4, 0.5) is 0 Å². The molecule has 0 saturated heterocycles. The van der Waals surface area contributed by atoms with Gasteiger partial charge in [0.15, 0.2) is 0 Å². The molecule has 0 radical (unpaired) electrons. The van der Waals surface area contributed by atoms with E-state index in [1.807, 2.05) is 18.2 Å². The number of rotatable bonds is 6. The lowest BCUT2D eigenvalue weighted by atomic mass is 9.84. The second-order valence-corrected chi connectivity index (χ2v) is 6.94. The summed E-state index contributed by atoms with van der Waals surface area (Å²) in [6.07, 6.45) is 0.276. The summed E-state index contributed by atoms with van der Waals surface area (Å²) in [5.74, 6) is 0.310. The Morgan fingerprint density at radius 3 is 2.04 bits per heavy atom. The number of benzene rings is 2. The molecule has 3 nitrogen and oxygen atoms in total. The maximum absolute atomic E-state index is 11.6. The van der Waals surface area contributed by atoms with Gasteiger partial charge in [-0.25, -0.2) is 0 Å². The minimum atomic E-state index is -0.297. The first-order valence-corrected chi connectivity index (χ1v) is 8.48. The van der Waals surface area contributed by atoms with Gasteiger partial charge < -0.3 is 10.8 Å². The van der Waals surface area contributed by atoms with Crippen LogP contribution in [0.2, 0.25) is 0 Å². The molecular weight excluding hydrogens is 298 g/mol. The predicted molar refractivity (Wildman–Crippen MR) is 98.9 cm³/mol. The van der Waals surface area contributed by atoms with E-state index in [1.54, 1.807) is 0 Å². The molecule has 2 rings (SSSR count). The molecule has 0 fully saturated rings. The highest BCUT2D eigenvalue weighted by Gasteiger charge is 2.18. The van der Waals surface area contributed by atoms with Crippen LogP contribution >= 0.6 is 0 Å². The van der Waals surface area contributed by atoms with E-state index in [4.69, 9.17) is 5.73 Å². The van der Waals surface area contributed by atoms with Crippen molar-refractivity contribution < 1.29 is 9.90 Å². The Morgan fingerprint density at radius 1 is 1.00 bits per heavy atom. The molecule has 0 unspecified atom stereocenters. The van der Waals surface area contributed by atoms with Crippen LogP contribution in [0.1, 0.15) is 61.8 Å². The van der Waals surface area contributed by atoms with Crippen molar-refractivity contribution in [1.82, 2.24) is 0 Å². The van der Waals surface area contributed by atoms with Gasteiger partial charge in [0, 0.05) is 0 Å². The molecular formula is C21H27NO2. The molecule has 0 bridgehead atoms. The highest BCUT2D eigenvalue weighted by molar-refractivity contribution is 5.79. The van der Waals surface area contributed by atoms with Crippen LogP contribution in [0.3, 0.4) is 0 Å². The van der Waals surface area contributed by atoms with Crippen LogP contribution < -0.4 is 5.73 Å². The zero-order valence-corrected chi connectivity index (χ0v) is 15.0. The third-order valence-electron chi connectivity index (χ3n) is 4.36. The number of hydrogen-bond donors (Lipinski definition) is 2. The number of hydrogen-bond acceptors (Lipinski definition) is 2. The molecule has 0 aliphatic heterocycles. The smallest absolute Gasteiger partial charge is 0.221 e. The fourth-order valence-corrected chi connectivity index (χ4v) is 3.14. The molecule has 0 heterocycles. The Hall–Kier alpha value is -2.13. The summed E-state index contributed by atoms with van der Waals surface area (Å²) in [4.78, 5) is 11.6. The maximum Gasteiger partial charge on any atom is 0.221 e. The minimum absolute atomic E-state index is 0.0294. The summed E-state index contributed by atoms with van der Waals surface area (Å²) in [6.45, 7) is 8.58. The molecule has 3 heteroatoms. The predicted octanol–water partition coefficient (Wildman–Crippen LogP) is 4.12. The number of aliphatic hydroxyl groups excluding tert-OH is 1. The van der Waals surface area contributed by atoms with Gasteiger partial charge in [0.2, 0.25) is 5.91 Å². The summed E-state index contributed by atoms with van der Waals surface area (Å²) >= 11 is 0. The van der Waals surface area contributed by atoms with Gasteiger partial charge in [0.25, 0.3) is 0 Å². The van der Waals surface area contributed by atoms with E-state index < -0.39 is 0 Å². The highest BCUT2D eigenvalue weighted by atomic mass is 16.3. The van der Waals surface area contributed by atoms with Crippen molar-refractivity contribution in [2.24, 2.45) is 5.73 Å². The van der Waals surface area contributed by atoms with Gasteiger partial charge in [-0.2, -0.15) is 0 Å². The van der Waals surface area contributed by atoms with Crippen molar-refractivity contribution in [3.63, 3.8) is 0 Å². The van der Waals surface area contributed by atoms with Crippen molar-refractivity contribution in [2.45, 2.75) is 52.6 Å². The molecule has 0 aliphatic rings. The van der Waals surface area contributed by atoms with E-state index in [0.717, 1.165) is 22.3 Å². The second-order valence-electron chi connectivity index (χ2n) is 6.94. The van der Waals surface area contributed by atoms with E-state index in [2.05, 4.69) is 45.9 Å². The van der Waals surface area contributed by atoms with Gasteiger partial charge >= 0.3 is 0 Å². The minimum Gasteiger partial charge on any atom is -0.392 e. The van der Waals surface area contributed by atoms with E-state index in [9.17, 15) is 9.90 Å². The van der Waals surface area contributed by atoms with E-state index in [1.165, 1.54) is 11.1 Å². The Balaban J connectivity index is 2.67. The lowest BCUT2D eigenvalue weighted by Crippen LogP contribution is -2.17. The zero-order valence-electron chi connectivity index (χ0n) is 15.0. The molecule has 0 aromatic heterocycles. The Kier molecular flexibility index (Phi) is 5.79. The molecule has 0 saturated carbocycles. The molecule has 1 amide bonds. The molecule has 0 spiro atoms. The lowest BCUT2D eigenvalue weighted by molar-refractivity contribution is -0.117. The number of aliphatic hydroxyl groups is 1. The van der Waals surface area contributed by atoms with Gasteiger partial charge in [0.05, 0.1) is 13.0 Å². The van der Waals surface area contributed by atoms with Crippen molar-refractivity contribution in [2.75, 3.05) is 0 Å². The van der Waals surface area contributed by atoms with Gasteiger partial charge in [0.1, 0.15) is 0 Å². The van der Waals surface area contributed by atoms with Crippen LogP contribution in [0.5, 0.6) is 0 Å². The van der Waals surface area contributed by atoms with Gasteiger partial charge in [-0.05, 0) is 51.3 Å². The van der Waals surface area contributed by atoms with Crippen LogP contribution in [0, 0.1) is 0 Å². The Labute approximate surface area is 144 Å². The first kappa shape index (κ1) is 18.2. The maximum atomic E-state index is 11.6. The highest BCUT2D eigenvalue weighted by Crippen LogP contribution is 2.34. The number of carbonyl (C=O) groups is 1. The standard InChI is InChI=1S/C21H27NO2/c1-13(2)18-9-17(16-7-5-6-15(8-16)12-23)10-19(14(3)4)20(18)11-21(22)24/h5-10,13-14,23H,11-12H2,1-4H3,(H2,22,24). The monoisotopic (exact) mass is 325 g/mol. The zero-order chi connectivity index (χ0) is 17.9. The van der Waals surface area contributed by atoms with E-state index in [-0.39, 0.29) is 18.9 Å². The fourth-order valence-electron chi connectivity index (χ4n) is 3.14. The summed E-state index contributed by atoms with van der Waals surface area (Å²) in [5.41, 5.74) is 12.0. The summed E-state index contributed by atoms with van der Waals surface area (Å²) < 4.78 is 0. The van der Waals surface area contributed by atoms with Crippen molar-refractivity contribution in [1.29, 1.82) is 0 Å². The Bertz CT molecular complexity index is 703. The summed E-state index contributed by atoms with van der Waals surface area (Å²) in [6, 6.07) is 12.3. The number of primary amides is 1. The molecule has 3 N–H and O–H groups in total. The first-order chi connectivity index (χ1) is 11.3. The fraction of sp³-hybridized carbons (Fsp3) is 0.381. The third-order valence-corrected chi connectivity index (χ3v) is 4.36. The second kappa shape index (κ2) is 7.63. The van der Waals surface area contributed by atoms with Crippen LogP contribution in [0.25, 0.3) is 11.1 Å². The van der Waals surface area contributed by atoms with Crippen molar-refractivity contribution >= 4 is 5.91 Å². The van der Waals surface area contributed by atoms with E-state index >= 15 is 0 Å². The molecule has 0 atom stereocenters. The van der Waals surface area contributed by atoms with Gasteiger partial charge in [-0.15, -0.1) is 0 Å². The van der Waals surface area contributed by atoms with E-state index in [0.29, 0.717) is 11.8 Å². The molecule has 128 valence electrons. The van der Waals surface area contributed by atoms with Gasteiger partial charge in [-0.1, -0.05) is 58.0 Å². The molecule has 0 aliphatic carbocycles.